The number of anilines is 2. The Hall–Kier alpha value is -0.720. The van der Waals surface area contributed by atoms with Crippen molar-refractivity contribution in [1.29, 1.82) is 0 Å². The summed E-state index contributed by atoms with van der Waals surface area (Å²) in [6.07, 6.45) is 2.38. The van der Waals surface area contributed by atoms with Gasteiger partial charge in [0.25, 0.3) is 0 Å². The maximum Gasteiger partial charge on any atom is 0.238 e. The van der Waals surface area contributed by atoms with Crippen LogP contribution in [-0.4, -0.2) is 68.1 Å². The van der Waals surface area contributed by atoms with Gasteiger partial charge in [-0.1, -0.05) is 24.6 Å². The molecule has 0 atom stereocenters. The maximum absolute atomic E-state index is 12.4. The average Bonchev–Trinajstić information content (AvgIpc) is 3.08. The number of carbonyl (C=O) groups is 1. The molecule has 0 unspecified atom stereocenters. The molecule has 0 spiro atoms. The van der Waals surface area contributed by atoms with Gasteiger partial charge < -0.3 is 15.1 Å². The number of carbonyl (C=O) groups excluding carboxylic acids is 1. The van der Waals surface area contributed by atoms with E-state index in [2.05, 4.69) is 26.9 Å². The number of nitrogens with one attached hydrogen (secondary N) is 1. The smallest absolute Gasteiger partial charge is 0.238 e. The predicted molar refractivity (Wildman–Crippen MR) is 115 cm³/mol. The van der Waals surface area contributed by atoms with Crippen LogP contribution in [0.3, 0.4) is 0 Å². The zero-order valence-electron chi connectivity index (χ0n) is 15.2. The molecule has 1 amide bonds. The number of piperazine rings is 1. The van der Waals surface area contributed by atoms with Crippen molar-refractivity contribution in [2.75, 3.05) is 62.6 Å². The highest BCUT2D eigenvalue weighted by molar-refractivity contribution is 6.34. The van der Waals surface area contributed by atoms with Crippen molar-refractivity contribution < 1.29 is 4.79 Å². The van der Waals surface area contributed by atoms with Crippen LogP contribution in [-0.2, 0) is 4.79 Å². The summed E-state index contributed by atoms with van der Waals surface area (Å²) in [6, 6.07) is 5.76. The van der Waals surface area contributed by atoms with Crippen molar-refractivity contribution in [2.24, 2.45) is 0 Å². The van der Waals surface area contributed by atoms with Crippen LogP contribution in [0.15, 0.2) is 18.2 Å². The van der Waals surface area contributed by atoms with Gasteiger partial charge in [0.1, 0.15) is 0 Å². The molecule has 2 heterocycles. The van der Waals surface area contributed by atoms with E-state index in [-0.39, 0.29) is 30.7 Å². The molecule has 1 N–H and O–H groups in total. The number of likely N-dealkylation sites (N-methyl/N-ethyl adjacent to an activating group) is 1. The van der Waals surface area contributed by atoms with Crippen LogP contribution in [0.25, 0.3) is 0 Å². The summed E-state index contributed by atoms with van der Waals surface area (Å²) < 4.78 is 0. The number of para-hydroxylation sites is 1. The summed E-state index contributed by atoms with van der Waals surface area (Å²) in [6.45, 7) is 9.72. The van der Waals surface area contributed by atoms with Crippen LogP contribution in [0.4, 0.5) is 11.4 Å². The fraction of sp³-hybridized carbons (Fsp3) is 0.611. The average molecular weight is 424 g/mol. The van der Waals surface area contributed by atoms with Crippen molar-refractivity contribution >= 4 is 53.7 Å². The van der Waals surface area contributed by atoms with Gasteiger partial charge in [-0.05, 0) is 44.6 Å². The fourth-order valence-corrected chi connectivity index (χ4v) is 3.85. The number of likely N-dealkylation sites (tertiary alicyclic amines) is 1. The predicted octanol–water partition coefficient (Wildman–Crippen LogP) is 3.36. The monoisotopic (exact) mass is 422 g/mol. The minimum atomic E-state index is 0. The van der Waals surface area contributed by atoms with Gasteiger partial charge in [0.2, 0.25) is 5.91 Å². The van der Waals surface area contributed by atoms with Crippen molar-refractivity contribution in [2.45, 2.75) is 19.8 Å². The lowest BCUT2D eigenvalue weighted by molar-refractivity contribution is -0.117. The van der Waals surface area contributed by atoms with Crippen molar-refractivity contribution in [3.8, 4) is 0 Å². The molecule has 0 saturated carbocycles. The summed E-state index contributed by atoms with van der Waals surface area (Å²) in [5.41, 5.74) is 1.79. The topological polar surface area (TPSA) is 38.8 Å². The van der Waals surface area contributed by atoms with Crippen molar-refractivity contribution in [3.05, 3.63) is 23.2 Å². The third-order valence-electron chi connectivity index (χ3n) is 4.96. The molecular formula is C18H29Cl3N4O. The molecule has 1 aromatic rings. The first-order chi connectivity index (χ1) is 11.7. The lowest BCUT2D eigenvalue weighted by atomic mass is 10.2. The van der Waals surface area contributed by atoms with Gasteiger partial charge in [0, 0.05) is 26.2 Å². The highest BCUT2D eigenvalue weighted by Gasteiger charge is 2.22. The fourth-order valence-electron chi connectivity index (χ4n) is 3.56. The van der Waals surface area contributed by atoms with Gasteiger partial charge >= 0.3 is 0 Å². The van der Waals surface area contributed by atoms with E-state index in [4.69, 9.17) is 11.6 Å². The second-order valence-corrected chi connectivity index (χ2v) is 7.00. The molecule has 26 heavy (non-hydrogen) atoms. The van der Waals surface area contributed by atoms with E-state index in [0.717, 1.165) is 57.2 Å². The summed E-state index contributed by atoms with van der Waals surface area (Å²) in [5, 5.41) is 3.79. The van der Waals surface area contributed by atoms with Gasteiger partial charge in [-0.2, -0.15) is 0 Å². The van der Waals surface area contributed by atoms with Crippen LogP contribution in [0.1, 0.15) is 19.8 Å². The number of amides is 1. The Bertz CT molecular complexity index is 574. The number of hydrogen-bond donors (Lipinski definition) is 1. The first kappa shape index (κ1) is 23.3. The number of nitrogens with zero attached hydrogens (tertiary/aromatic N) is 3. The Kier molecular flexibility index (Phi) is 10.0. The molecular weight excluding hydrogens is 395 g/mol. The van der Waals surface area contributed by atoms with E-state index in [1.165, 1.54) is 12.8 Å². The minimum Gasteiger partial charge on any atom is -0.366 e. The summed E-state index contributed by atoms with van der Waals surface area (Å²) >= 11 is 6.47. The molecule has 0 aliphatic carbocycles. The SMILES string of the molecule is CCN1CCN(c2c(Cl)cccc2NC(=O)CN2CCCC2)CC1.Cl.Cl. The lowest BCUT2D eigenvalue weighted by Crippen LogP contribution is -2.46. The Morgan fingerprint density at radius 1 is 1.04 bits per heavy atom. The van der Waals surface area contributed by atoms with Crippen LogP contribution in [0, 0.1) is 0 Å². The van der Waals surface area contributed by atoms with E-state index in [9.17, 15) is 4.79 Å². The normalized spacial score (nSPS) is 18.2. The van der Waals surface area contributed by atoms with E-state index in [0.29, 0.717) is 11.6 Å². The quantitative estimate of drug-likeness (QED) is 0.788. The molecule has 2 aliphatic rings. The summed E-state index contributed by atoms with van der Waals surface area (Å²) in [7, 11) is 0. The molecule has 0 aromatic heterocycles. The molecule has 0 bridgehead atoms. The third-order valence-corrected chi connectivity index (χ3v) is 5.27. The van der Waals surface area contributed by atoms with E-state index in [1.807, 2.05) is 18.2 Å². The van der Waals surface area contributed by atoms with Crippen LogP contribution >= 0.6 is 36.4 Å². The molecule has 148 valence electrons. The highest BCUT2D eigenvalue weighted by atomic mass is 35.5. The van der Waals surface area contributed by atoms with Gasteiger partial charge in [-0.25, -0.2) is 0 Å². The molecule has 1 aromatic carbocycles. The zero-order chi connectivity index (χ0) is 16.9. The highest BCUT2D eigenvalue weighted by Crippen LogP contribution is 2.34. The number of halogens is 3. The van der Waals surface area contributed by atoms with E-state index in [1.54, 1.807) is 0 Å². The van der Waals surface area contributed by atoms with Crippen LogP contribution in [0.5, 0.6) is 0 Å². The first-order valence-electron chi connectivity index (χ1n) is 8.95. The Morgan fingerprint density at radius 2 is 1.69 bits per heavy atom. The second kappa shape index (κ2) is 11.2. The number of hydrogen-bond acceptors (Lipinski definition) is 4. The largest absolute Gasteiger partial charge is 0.366 e. The number of benzene rings is 1. The standard InChI is InChI=1S/C18H27ClN4O.2ClH/c1-2-21-10-12-23(13-11-21)18-15(19)6-5-7-16(18)20-17(24)14-22-8-3-4-9-22;;/h5-7H,2-4,8-14H2,1H3,(H,20,24);2*1H. The molecule has 5 nitrogen and oxygen atoms in total. The second-order valence-electron chi connectivity index (χ2n) is 6.59. The summed E-state index contributed by atoms with van der Waals surface area (Å²) in [4.78, 5) is 19.3. The first-order valence-corrected chi connectivity index (χ1v) is 9.33. The molecule has 0 radical (unpaired) electrons. The molecule has 2 saturated heterocycles. The third kappa shape index (κ3) is 5.89. The Balaban J connectivity index is 0.00000169. The van der Waals surface area contributed by atoms with E-state index >= 15 is 0 Å². The van der Waals surface area contributed by atoms with Crippen LogP contribution in [0.2, 0.25) is 5.02 Å². The minimum absolute atomic E-state index is 0. The zero-order valence-corrected chi connectivity index (χ0v) is 17.6. The van der Waals surface area contributed by atoms with Gasteiger partial charge in [-0.3, -0.25) is 9.69 Å². The molecule has 2 fully saturated rings. The molecule has 8 heteroatoms. The summed E-state index contributed by atoms with van der Waals surface area (Å²) in [5.74, 6) is 0.0487. The van der Waals surface area contributed by atoms with Gasteiger partial charge in [0.15, 0.2) is 0 Å². The Labute approximate surface area is 173 Å². The number of rotatable bonds is 5. The lowest BCUT2D eigenvalue weighted by Gasteiger charge is -2.36. The van der Waals surface area contributed by atoms with Gasteiger partial charge in [0.05, 0.1) is 22.9 Å². The van der Waals surface area contributed by atoms with E-state index < -0.39 is 0 Å². The molecule has 3 rings (SSSR count). The van der Waals surface area contributed by atoms with Crippen molar-refractivity contribution in [1.82, 2.24) is 9.80 Å². The molecule has 2 aliphatic heterocycles. The Morgan fingerprint density at radius 3 is 2.31 bits per heavy atom. The van der Waals surface area contributed by atoms with Crippen molar-refractivity contribution in [3.63, 3.8) is 0 Å². The van der Waals surface area contributed by atoms with Gasteiger partial charge in [-0.15, -0.1) is 24.8 Å². The van der Waals surface area contributed by atoms with Crippen LogP contribution < -0.4 is 10.2 Å². The maximum atomic E-state index is 12.4.